The monoisotopic (exact) mass is 309 g/mol. The Bertz CT molecular complexity index is 725. The normalized spacial score (nSPS) is 11.8. The van der Waals surface area contributed by atoms with Crippen molar-refractivity contribution in [3.63, 3.8) is 0 Å². The molecule has 1 heterocycles. The molecule has 0 unspecified atom stereocenters. The lowest BCUT2D eigenvalue weighted by Gasteiger charge is -2.07. The molecule has 0 spiro atoms. The van der Waals surface area contributed by atoms with Crippen LogP contribution in [0.5, 0.6) is 0 Å². The van der Waals surface area contributed by atoms with Gasteiger partial charge in [-0.1, -0.05) is 17.7 Å². The highest BCUT2D eigenvalue weighted by Crippen LogP contribution is 2.20. The van der Waals surface area contributed by atoms with E-state index in [-0.39, 0.29) is 5.75 Å². The molecule has 0 saturated heterocycles. The number of rotatable bonds is 5. The average molecular weight is 309 g/mol. The van der Waals surface area contributed by atoms with Gasteiger partial charge >= 0.3 is 0 Å². The predicted octanol–water partition coefficient (Wildman–Crippen LogP) is 1.97. The van der Waals surface area contributed by atoms with Crippen molar-refractivity contribution in [2.75, 3.05) is 5.75 Å². The molecule has 6 heteroatoms. The lowest BCUT2D eigenvalue weighted by molar-refractivity contribution is -0.696. The van der Waals surface area contributed by atoms with Gasteiger partial charge in [0.05, 0.1) is 12.3 Å². The van der Waals surface area contributed by atoms with Crippen LogP contribution in [0, 0.1) is 20.8 Å². The first-order valence-corrected chi connectivity index (χ1v) is 8.47. The number of imidazole rings is 1. The topological polar surface area (TPSA) is 63.2 Å². The van der Waals surface area contributed by atoms with E-state index < -0.39 is 10.1 Å². The Kier molecular flexibility index (Phi) is 4.49. The van der Waals surface area contributed by atoms with Crippen LogP contribution in [0.15, 0.2) is 30.9 Å². The quantitative estimate of drug-likeness (QED) is 0.678. The largest absolute Gasteiger partial charge is 0.286 e. The van der Waals surface area contributed by atoms with Crippen molar-refractivity contribution in [2.45, 2.75) is 33.7 Å². The molecule has 0 amide bonds. The van der Waals surface area contributed by atoms with Crippen molar-refractivity contribution in [2.24, 2.45) is 0 Å². The van der Waals surface area contributed by atoms with E-state index in [9.17, 15) is 8.42 Å². The molecule has 1 aromatic heterocycles. The Labute approximate surface area is 125 Å². The molecule has 0 aliphatic rings. The Hall–Kier alpha value is -1.66. The molecule has 0 aliphatic carbocycles. The Balaban J connectivity index is 2.17. The molecule has 0 fully saturated rings. The first kappa shape index (κ1) is 15.7. The molecule has 21 heavy (non-hydrogen) atoms. The Morgan fingerprint density at radius 2 is 1.81 bits per heavy atom. The zero-order valence-electron chi connectivity index (χ0n) is 12.6. The van der Waals surface area contributed by atoms with Gasteiger partial charge in [0, 0.05) is 6.42 Å². The van der Waals surface area contributed by atoms with Crippen molar-refractivity contribution in [3.8, 4) is 5.69 Å². The first-order chi connectivity index (χ1) is 9.76. The molecule has 114 valence electrons. The molecule has 2 aromatic rings. The molecule has 0 bridgehead atoms. The third-order valence-electron chi connectivity index (χ3n) is 3.40. The van der Waals surface area contributed by atoms with Crippen molar-refractivity contribution in [1.29, 1.82) is 0 Å². The molecule has 0 radical (unpaired) electrons. The summed E-state index contributed by atoms with van der Waals surface area (Å²) in [6.45, 7) is 6.79. The summed E-state index contributed by atoms with van der Waals surface area (Å²) in [7, 11) is -3.88. The van der Waals surface area contributed by atoms with Crippen LogP contribution in [0.1, 0.15) is 23.1 Å². The lowest BCUT2D eigenvalue weighted by Crippen LogP contribution is -2.32. The van der Waals surface area contributed by atoms with E-state index >= 15 is 0 Å². The minimum absolute atomic E-state index is 0.215. The minimum atomic E-state index is -3.88. The van der Waals surface area contributed by atoms with Gasteiger partial charge in [-0.25, -0.2) is 9.13 Å². The fourth-order valence-corrected chi connectivity index (χ4v) is 3.16. The molecule has 1 N–H and O–H groups in total. The van der Waals surface area contributed by atoms with Gasteiger partial charge in [-0.05, 0) is 31.9 Å². The van der Waals surface area contributed by atoms with Gasteiger partial charge in [0.15, 0.2) is 0 Å². The van der Waals surface area contributed by atoms with Crippen LogP contribution in [0.4, 0.5) is 0 Å². The van der Waals surface area contributed by atoms with Crippen LogP contribution in [-0.2, 0) is 16.7 Å². The molecular formula is C15H21N2O3S+. The zero-order chi connectivity index (χ0) is 15.6. The summed E-state index contributed by atoms with van der Waals surface area (Å²) in [4.78, 5) is 0. The predicted molar refractivity (Wildman–Crippen MR) is 81.2 cm³/mol. The van der Waals surface area contributed by atoms with E-state index in [1.165, 1.54) is 16.7 Å². The fraction of sp³-hybridized carbons (Fsp3) is 0.400. The SMILES string of the molecule is Cc1cc(C)c(-n2cc[n+](CCCS(=O)(=O)O)c2)c(C)c1. The number of benzene rings is 1. The van der Waals surface area contributed by atoms with Crippen LogP contribution in [0.25, 0.3) is 5.69 Å². The van der Waals surface area contributed by atoms with Gasteiger partial charge < -0.3 is 0 Å². The molecule has 5 nitrogen and oxygen atoms in total. The van der Waals surface area contributed by atoms with Gasteiger partial charge in [-0.2, -0.15) is 8.42 Å². The number of hydrogen-bond donors (Lipinski definition) is 1. The van der Waals surface area contributed by atoms with E-state index in [1.807, 2.05) is 27.9 Å². The highest BCUT2D eigenvalue weighted by Gasteiger charge is 2.13. The molecular weight excluding hydrogens is 288 g/mol. The Morgan fingerprint density at radius 1 is 1.19 bits per heavy atom. The third-order valence-corrected chi connectivity index (χ3v) is 4.21. The van der Waals surface area contributed by atoms with Crippen LogP contribution < -0.4 is 4.57 Å². The van der Waals surface area contributed by atoms with Crippen molar-refractivity contribution in [3.05, 3.63) is 47.5 Å². The second-order valence-electron chi connectivity index (χ2n) is 5.45. The maximum atomic E-state index is 10.7. The maximum Gasteiger partial charge on any atom is 0.265 e. The van der Waals surface area contributed by atoms with Gasteiger partial charge in [0.2, 0.25) is 6.33 Å². The number of aryl methyl sites for hydroxylation is 4. The number of nitrogens with zero attached hydrogens (tertiary/aromatic N) is 2. The van der Waals surface area contributed by atoms with E-state index in [2.05, 4.69) is 32.9 Å². The van der Waals surface area contributed by atoms with Crippen LogP contribution in [0.3, 0.4) is 0 Å². The lowest BCUT2D eigenvalue weighted by atomic mass is 10.1. The molecule has 0 saturated carbocycles. The van der Waals surface area contributed by atoms with E-state index in [4.69, 9.17) is 4.55 Å². The standard InChI is InChI=1S/C15H20N2O3S/c1-12-9-13(2)15(14(3)10-12)17-7-6-16(11-17)5-4-8-21(18,19)20/h6-7,9-11H,4-5,8H2,1-3H3/p+1. The van der Waals surface area contributed by atoms with Gasteiger partial charge in [-0.3, -0.25) is 4.55 Å². The molecule has 1 aromatic carbocycles. The zero-order valence-corrected chi connectivity index (χ0v) is 13.4. The third kappa shape index (κ3) is 4.15. The van der Waals surface area contributed by atoms with Crippen molar-refractivity contribution >= 4 is 10.1 Å². The smallest absolute Gasteiger partial charge is 0.265 e. The Morgan fingerprint density at radius 3 is 2.38 bits per heavy atom. The van der Waals surface area contributed by atoms with Crippen LogP contribution in [-0.4, -0.2) is 23.3 Å². The summed E-state index contributed by atoms with van der Waals surface area (Å²) < 4.78 is 34.1. The van der Waals surface area contributed by atoms with Gasteiger partial charge in [-0.15, -0.1) is 0 Å². The van der Waals surface area contributed by atoms with Gasteiger partial charge in [0.25, 0.3) is 10.1 Å². The van der Waals surface area contributed by atoms with E-state index in [0.29, 0.717) is 13.0 Å². The highest BCUT2D eigenvalue weighted by atomic mass is 32.2. The van der Waals surface area contributed by atoms with Crippen molar-refractivity contribution in [1.82, 2.24) is 4.57 Å². The highest BCUT2D eigenvalue weighted by molar-refractivity contribution is 7.85. The maximum absolute atomic E-state index is 10.7. The summed E-state index contributed by atoms with van der Waals surface area (Å²) >= 11 is 0. The second kappa shape index (κ2) is 5.99. The first-order valence-electron chi connectivity index (χ1n) is 6.87. The summed E-state index contributed by atoms with van der Waals surface area (Å²) in [5.74, 6) is -0.215. The fourth-order valence-electron chi connectivity index (χ4n) is 2.67. The molecule has 0 aliphatic heterocycles. The minimum Gasteiger partial charge on any atom is -0.286 e. The molecule has 0 atom stereocenters. The average Bonchev–Trinajstić information content (AvgIpc) is 2.74. The van der Waals surface area contributed by atoms with Crippen LogP contribution >= 0.6 is 0 Å². The summed E-state index contributed by atoms with van der Waals surface area (Å²) in [5, 5.41) is 0. The molecule has 2 rings (SSSR count). The number of aromatic nitrogens is 2. The van der Waals surface area contributed by atoms with Crippen molar-refractivity contribution < 1.29 is 17.5 Å². The second-order valence-corrected chi connectivity index (χ2v) is 7.02. The number of hydrogen-bond acceptors (Lipinski definition) is 2. The van der Waals surface area contributed by atoms with E-state index in [1.54, 1.807) is 0 Å². The summed E-state index contributed by atoms with van der Waals surface area (Å²) in [6, 6.07) is 4.29. The van der Waals surface area contributed by atoms with Gasteiger partial charge in [0.1, 0.15) is 18.1 Å². The van der Waals surface area contributed by atoms with E-state index in [0.717, 1.165) is 5.69 Å². The summed E-state index contributed by atoms with van der Waals surface area (Å²) in [6.07, 6.45) is 6.19. The van der Waals surface area contributed by atoms with Crippen LogP contribution in [0.2, 0.25) is 0 Å². The summed E-state index contributed by atoms with van der Waals surface area (Å²) in [5.41, 5.74) is 4.79.